The van der Waals surface area contributed by atoms with E-state index in [1.165, 1.54) is 5.56 Å². The van der Waals surface area contributed by atoms with Gasteiger partial charge in [0.1, 0.15) is 5.69 Å². The van der Waals surface area contributed by atoms with Crippen molar-refractivity contribution in [2.45, 2.75) is 45.6 Å². The number of hydrogen-bond acceptors (Lipinski definition) is 3. The van der Waals surface area contributed by atoms with Gasteiger partial charge in [0, 0.05) is 18.8 Å². The second-order valence-corrected chi connectivity index (χ2v) is 7.50. The SMILES string of the molecule is CC(C)Cc1cc(C(=O)N2CCO[C@H](CCCc3ccccc3)C2)n[nH]1. The van der Waals surface area contributed by atoms with E-state index < -0.39 is 0 Å². The van der Waals surface area contributed by atoms with Crippen molar-refractivity contribution in [3.63, 3.8) is 0 Å². The van der Waals surface area contributed by atoms with Gasteiger partial charge in [-0.1, -0.05) is 44.2 Å². The average molecular weight is 355 g/mol. The number of rotatable bonds is 7. The lowest BCUT2D eigenvalue weighted by Crippen LogP contribution is -2.45. The Morgan fingerprint density at radius 1 is 1.35 bits per heavy atom. The second kappa shape index (κ2) is 8.99. The molecule has 2 aromatic rings. The fourth-order valence-corrected chi connectivity index (χ4v) is 3.43. The van der Waals surface area contributed by atoms with E-state index in [9.17, 15) is 4.79 Å². The maximum Gasteiger partial charge on any atom is 0.274 e. The zero-order chi connectivity index (χ0) is 18.4. The lowest BCUT2D eigenvalue weighted by Gasteiger charge is -2.32. The Morgan fingerprint density at radius 3 is 2.92 bits per heavy atom. The van der Waals surface area contributed by atoms with E-state index in [0.717, 1.165) is 31.4 Å². The third kappa shape index (κ3) is 5.18. The van der Waals surface area contributed by atoms with E-state index >= 15 is 0 Å². The lowest BCUT2D eigenvalue weighted by molar-refractivity contribution is -0.0256. The molecule has 5 nitrogen and oxygen atoms in total. The summed E-state index contributed by atoms with van der Waals surface area (Å²) >= 11 is 0. The fraction of sp³-hybridized carbons (Fsp3) is 0.524. The molecular formula is C21H29N3O2. The molecule has 0 spiro atoms. The van der Waals surface area contributed by atoms with Gasteiger partial charge in [-0.15, -0.1) is 0 Å². The number of morpholine rings is 1. The minimum Gasteiger partial charge on any atom is -0.375 e. The fourth-order valence-electron chi connectivity index (χ4n) is 3.43. The van der Waals surface area contributed by atoms with Crippen LogP contribution in [0.25, 0.3) is 0 Å². The Bertz CT molecular complexity index is 696. The molecule has 3 rings (SSSR count). The molecule has 0 saturated carbocycles. The van der Waals surface area contributed by atoms with E-state index in [2.05, 4.69) is 48.3 Å². The Labute approximate surface area is 155 Å². The van der Waals surface area contributed by atoms with E-state index in [4.69, 9.17) is 4.74 Å². The predicted molar refractivity (Wildman–Crippen MR) is 102 cm³/mol. The Hall–Kier alpha value is -2.14. The predicted octanol–water partition coefficient (Wildman–Crippen LogP) is 3.47. The number of aryl methyl sites for hydroxylation is 1. The highest BCUT2D eigenvalue weighted by atomic mass is 16.5. The van der Waals surface area contributed by atoms with Gasteiger partial charge in [-0.05, 0) is 43.2 Å². The smallest absolute Gasteiger partial charge is 0.274 e. The number of benzene rings is 1. The van der Waals surface area contributed by atoms with Crippen LogP contribution in [0.1, 0.15) is 48.4 Å². The van der Waals surface area contributed by atoms with Crippen molar-refractivity contribution in [2.75, 3.05) is 19.7 Å². The summed E-state index contributed by atoms with van der Waals surface area (Å²) in [6.07, 6.45) is 4.11. The van der Waals surface area contributed by atoms with E-state index in [0.29, 0.717) is 31.3 Å². The van der Waals surface area contributed by atoms with Crippen LogP contribution in [-0.4, -0.2) is 46.8 Å². The first-order valence-electron chi connectivity index (χ1n) is 9.61. The molecule has 1 aromatic carbocycles. The summed E-state index contributed by atoms with van der Waals surface area (Å²) in [6.45, 7) is 6.21. The molecule has 2 heterocycles. The second-order valence-electron chi connectivity index (χ2n) is 7.50. The van der Waals surface area contributed by atoms with Crippen LogP contribution in [0.2, 0.25) is 0 Å². The van der Waals surface area contributed by atoms with Crippen LogP contribution in [0, 0.1) is 5.92 Å². The Balaban J connectivity index is 1.49. The zero-order valence-corrected chi connectivity index (χ0v) is 15.8. The van der Waals surface area contributed by atoms with Crippen molar-refractivity contribution in [3.8, 4) is 0 Å². The van der Waals surface area contributed by atoms with Crippen LogP contribution >= 0.6 is 0 Å². The van der Waals surface area contributed by atoms with Crippen LogP contribution in [-0.2, 0) is 17.6 Å². The molecule has 0 unspecified atom stereocenters. The summed E-state index contributed by atoms with van der Waals surface area (Å²) in [5, 5.41) is 7.21. The quantitative estimate of drug-likeness (QED) is 0.827. The number of aromatic amines is 1. The van der Waals surface area contributed by atoms with Gasteiger partial charge in [-0.2, -0.15) is 5.10 Å². The van der Waals surface area contributed by atoms with Gasteiger partial charge in [0.25, 0.3) is 5.91 Å². The lowest BCUT2D eigenvalue weighted by atomic mass is 10.0. The number of H-pyrrole nitrogens is 1. The maximum atomic E-state index is 12.7. The standard InChI is InChI=1S/C21H29N3O2/c1-16(2)13-18-14-20(23-22-18)21(25)24-11-12-26-19(15-24)10-6-9-17-7-4-3-5-8-17/h3-5,7-8,14,16,19H,6,9-13,15H2,1-2H3,(H,22,23)/t19-/m1/s1. The van der Waals surface area contributed by atoms with E-state index in [1.54, 1.807) is 0 Å². The average Bonchev–Trinajstić information content (AvgIpc) is 3.10. The normalized spacial score (nSPS) is 17.7. The molecule has 5 heteroatoms. The summed E-state index contributed by atoms with van der Waals surface area (Å²) in [7, 11) is 0. The molecule has 1 aliphatic heterocycles. The molecule has 0 aliphatic carbocycles. The number of amides is 1. The summed E-state index contributed by atoms with van der Waals surface area (Å²) in [4.78, 5) is 14.6. The first kappa shape index (κ1) is 18.6. The number of nitrogens with zero attached hydrogens (tertiary/aromatic N) is 2. The highest BCUT2D eigenvalue weighted by Gasteiger charge is 2.26. The van der Waals surface area contributed by atoms with Gasteiger partial charge in [-0.3, -0.25) is 9.89 Å². The molecule has 1 N–H and O–H groups in total. The molecule has 26 heavy (non-hydrogen) atoms. The topological polar surface area (TPSA) is 58.2 Å². The highest BCUT2D eigenvalue weighted by Crippen LogP contribution is 2.16. The third-order valence-corrected chi connectivity index (χ3v) is 4.74. The molecule has 1 aliphatic rings. The molecule has 0 radical (unpaired) electrons. The monoisotopic (exact) mass is 355 g/mol. The molecule has 1 fully saturated rings. The van der Waals surface area contributed by atoms with Crippen molar-refractivity contribution in [3.05, 3.63) is 53.3 Å². The molecule has 1 aromatic heterocycles. The van der Waals surface area contributed by atoms with Crippen LogP contribution in [0.3, 0.4) is 0 Å². The first-order valence-corrected chi connectivity index (χ1v) is 9.61. The van der Waals surface area contributed by atoms with Crippen molar-refractivity contribution in [1.82, 2.24) is 15.1 Å². The van der Waals surface area contributed by atoms with Gasteiger partial charge < -0.3 is 9.64 Å². The first-order chi connectivity index (χ1) is 12.6. The van der Waals surface area contributed by atoms with Gasteiger partial charge in [0.15, 0.2) is 0 Å². The zero-order valence-electron chi connectivity index (χ0n) is 15.8. The van der Waals surface area contributed by atoms with Gasteiger partial charge in [0.2, 0.25) is 0 Å². The summed E-state index contributed by atoms with van der Waals surface area (Å²) in [5.41, 5.74) is 2.90. The van der Waals surface area contributed by atoms with Crippen LogP contribution in [0.4, 0.5) is 0 Å². The van der Waals surface area contributed by atoms with Crippen LogP contribution in [0.5, 0.6) is 0 Å². The number of aromatic nitrogens is 2. The van der Waals surface area contributed by atoms with E-state index in [-0.39, 0.29) is 12.0 Å². The molecule has 0 bridgehead atoms. The Kier molecular flexibility index (Phi) is 6.45. The summed E-state index contributed by atoms with van der Waals surface area (Å²) in [5.74, 6) is 0.545. The molecular weight excluding hydrogens is 326 g/mol. The highest BCUT2D eigenvalue weighted by molar-refractivity contribution is 5.92. The van der Waals surface area contributed by atoms with E-state index in [1.807, 2.05) is 17.0 Å². The minimum absolute atomic E-state index is 0.00705. The van der Waals surface area contributed by atoms with Crippen molar-refractivity contribution >= 4 is 5.91 Å². The largest absolute Gasteiger partial charge is 0.375 e. The molecule has 140 valence electrons. The molecule has 1 saturated heterocycles. The maximum absolute atomic E-state index is 12.7. The van der Waals surface area contributed by atoms with Crippen LogP contribution in [0.15, 0.2) is 36.4 Å². The van der Waals surface area contributed by atoms with Crippen molar-refractivity contribution in [1.29, 1.82) is 0 Å². The van der Waals surface area contributed by atoms with Crippen molar-refractivity contribution in [2.24, 2.45) is 5.92 Å². The minimum atomic E-state index is 0.00705. The molecule has 1 atom stereocenters. The number of nitrogens with one attached hydrogen (secondary N) is 1. The van der Waals surface area contributed by atoms with Gasteiger partial charge in [-0.25, -0.2) is 0 Å². The van der Waals surface area contributed by atoms with Gasteiger partial charge in [0.05, 0.1) is 12.7 Å². The van der Waals surface area contributed by atoms with Gasteiger partial charge >= 0.3 is 0 Å². The number of carbonyl (C=O) groups excluding carboxylic acids is 1. The number of ether oxygens (including phenoxy) is 1. The number of hydrogen-bond donors (Lipinski definition) is 1. The van der Waals surface area contributed by atoms with Crippen molar-refractivity contribution < 1.29 is 9.53 Å². The Morgan fingerprint density at radius 2 is 2.15 bits per heavy atom. The number of carbonyl (C=O) groups is 1. The third-order valence-electron chi connectivity index (χ3n) is 4.74. The van der Waals surface area contributed by atoms with Crippen LogP contribution < -0.4 is 0 Å². The molecule has 1 amide bonds. The summed E-state index contributed by atoms with van der Waals surface area (Å²) in [6, 6.07) is 12.4. The summed E-state index contributed by atoms with van der Waals surface area (Å²) < 4.78 is 5.87.